The van der Waals surface area contributed by atoms with Gasteiger partial charge >= 0.3 is 5.97 Å². The number of carboxylic acid groups (broad SMARTS) is 1. The van der Waals surface area contributed by atoms with Crippen LogP contribution in [0.5, 0.6) is 0 Å². The molecule has 4 heteroatoms. The van der Waals surface area contributed by atoms with Gasteiger partial charge in [-0.1, -0.05) is 12.1 Å². The molecule has 18 heavy (non-hydrogen) atoms. The molecular formula is C14H22N2O2. The van der Waals surface area contributed by atoms with Gasteiger partial charge in [0.05, 0.1) is 0 Å². The lowest BCUT2D eigenvalue weighted by atomic mass is 10.0. The predicted molar refractivity (Wildman–Crippen MR) is 73.8 cm³/mol. The number of benzene rings is 1. The fraction of sp³-hybridized carbons (Fsp3) is 0.500. The number of carboxylic acids is 1. The minimum atomic E-state index is -0.801. The molecule has 0 aliphatic carbocycles. The molecule has 4 nitrogen and oxygen atoms in total. The van der Waals surface area contributed by atoms with E-state index in [2.05, 4.69) is 30.9 Å². The van der Waals surface area contributed by atoms with Gasteiger partial charge in [-0.15, -0.1) is 0 Å². The van der Waals surface area contributed by atoms with E-state index in [4.69, 9.17) is 10.8 Å². The molecule has 0 heterocycles. The summed E-state index contributed by atoms with van der Waals surface area (Å²) in [7, 11) is 0. The second-order valence-electron chi connectivity index (χ2n) is 4.31. The molecule has 1 unspecified atom stereocenters. The molecule has 0 fully saturated rings. The molecule has 0 saturated carbocycles. The zero-order chi connectivity index (χ0) is 13.5. The first kappa shape index (κ1) is 14.5. The first-order valence-electron chi connectivity index (χ1n) is 6.40. The van der Waals surface area contributed by atoms with Crippen molar-refractivity contribution in [3.8, 4) is 0 Å². The van der Waals surface area contributed by atoms with E-state index >= 15 is 0 Å². The van der Waals surface area contributed by atoms with Gasteiger partial charge in [0, 0.05) is 31.2 Å². The molecule has 1 atom stereocenters. The minimum Gasteiger partial charge on any atom is -0.481 e. The maximum Gasteiger partial charge on any atom is 0.303 e. The Balaban J connectivity index is 2.77. The number of hydrogen-bond acceptors (Lipinski definition) is 3. The summed E-state index contributed by atoms with van der Waals surface area (Å²) < 4.78 is 0. The monoisotopic (exact) mass is 250 g/mol. The number of nitrogens with zero attached hydrogens (tertiary/aromatic N) is 1. The van der Waals surface area contributed by atoms with Crippen LogP contribution in [0.2, 0.25) is 0 Å². The van der Waals surface area contributed by atoms with Crippen molar-refractivity contribution < 1.29 is 9.90 Å². The smallest absolute Gasteiger partial charge is 0.303 e. The zero-order valence-electron chi connectivity index (χ0n) is 11.1. The molecule has 3 N–H and O–H groups in total. The normalized spacial score (nSPS) is 12.2. The Morgan fingerprint density at radius 3 is 2.61 bits per heavy atom. The Kier molecular flexibility index (Phi) is 5.65. The van der Waals surface area contributed by atoms with Crippen LogP contribution in [0.15, 0.2) is 24.3 Å². The molecule has 100 valence electrons. The van der Waals surface area contributed by atoms with Crippen molar-refractivity contribution in [2.45, 2.75) is 32.7 Å². The van der Waals surface area contributed by atoms with E-state index < -0.39 is 5.97 Å². The lowest BCUT2D eigenvalue weighted by Gasteiger charge is -2.22. The third-order valence-corrected chi connectivity index (χ3v) is 3.10. The SMILES string of the molecule is CCN(CC)c1cccc(C(N)CCC(=O)O)c1. The molecule has 1 rings (SSSR count). The van der Waals surface area contributed by atoms with Crippen LogP contribution >= 0.6 is 0 Å². The fourth-order valence-electron chi connectivity index (χ4n) is 1.99. The number of nitrogens with two attached hydrogens (primary N) is 1. The Labute approximate surface area is 108 Å². The quantitative estimate of drug-likeness (QED) is 0.779. The third-order valence-electron chi connectivity index (χ3n) is 3.10. The first-order chi connectivity index (χ1) is 8.58. The second-order valence-corrected chi connectivity index (χ2v) is 4.31. The molecule has 0 aliphatic heterocycles. The van der Waals surface area contributed by atoms with Crippen molar-refractivity contribution in [1.82, 2.24) is 0 Å². The Morgan fingerprint density at radius 2 is 2.06 bits per heavy atom. The average molecular weight is 250 g/mol. The summed E-state index contributed by atoms with van der Waals surface area (Å²) in [6.07, 6.45) is 0.577. The van der Waals surface area contributed by atoms with Crippen LogP contribution in [-0.4, -0.2) is 24.2 Å². The van der Waals surface area contributed by atoms with E-state index in [9.17, 15) is 4.79 Å². The number of carbonyl (C=O) groups is 1. The van der Waals surface area contributed by atoms with Gasteiger partial charge < -0.3 is 15.7 Å². The van der Waals surface area contributed by atoms with Crippen LogP contribution in [0.1, 0.15) is 38.3 Å². The van der Waals surface area contributed by atoms with Gasteiger partial charge in [-0.2, -0.15) is 0 Å². The van der Waals surface area contributed by atoms with Crippen molar-refractivity contribution >= 4 is 11.7 Å². The lowest BCUT2D eigenvalue weighted by Crippen LogP contribution is -2.22. The van der Waals surface area contributed by atoms with E-state index in [1.807, 2.05) is 12.1 Å². The molecular weight excluding hydrogens is 228 g/mol. The third kappa shape index (κ3) is 4.04. The topological polar surface area (TPSA) is 66.6 Å². The lowest BCUT2D eigenvalue weighted by molar-refractivity contribution is -0.137. The number of anilines is 1. The molecule has 0 radical (unpaired) electrons. The predicted octanol–water partition coefficient (Wildman–Crippen LogP) is 2.40. The van der Waals surface area contributed by atoms with Crippen molar-refractivity contribution in [2.75, 3.05) is 18.0 Å². The van der Waals surface area contributed by atoms with E-state index in [1.54, 1.807) is 0 Å². The van der Waals surface area contributed by atoms with E-state index in [0.29, 0.717) is 6.42 Å². The van der Waals surface area contributed by atoms with Crippen molar-refractivity contribution in [2.24, 2.45) is 5.73 Å². The van der Waals surface area contributed by atoms with Crippen molar-refractivity contribution in [3.63, 3.8) is 0 Å². The molecule has 0 aromatic heterocycles. The van der Waals surface area contributed by atoms with Crippen LogP contribution in [0.25, 0.3) is 0 Å². The molecule has 0 saturated heterocycles. The van der Waals surface area contributed by atoms with Gasteiger partial charge in [0.15, 0.2) is 0 Å². The first-order valence-corrected chi connectivity index (χ1v) is 6.40. The van der Waals surface area contributed by atoms with Crippen LogP contribution in [0.4, 0.5) is 5.69 Å². The Morgan fingerprint density at radius 1 is 1.39 bits per heavy atom. The standard InChI is InChI=1S/C14H22N2O2/c1-3-16(4-2)12-7-5-6-11(10-12)13(15)8-9-14(17)18/h5-7,10,13H,3-4,8-9,15H2,1-2H3,(H,17,18). The molecule has 1 aromatic carbocycles. The number of aliphatic carboxylic acids is 1. The molecule has 0 aliphatic rings. The van der Waals surface area contributed by atoms with Crippen LogP contribution in [-0.2, 0) is 4.79 Å². The summed E-state index contributed by atoms with van der Waals surface area (Å²) in [6, 6.07) is 7.83. The average Bonchev–Trinajstić information content (AvgIpc) is 2.38. The Hall–Kier alpha value is -1.55. The number of rotatable bonds is 7. The van der Waals surface area contributed by atoms with Gasteiger partial charge in [0.2, 0.25) is 0 Å². The largest absolute Gasteiger partial charge is 0.481 e. The summed E-state index contributed by atoms with van der Waals surface area (Å²) in [4.78, 5) is 12.8. The van der Waals surface area contributed by atoms with Crippen molar-refractivity contribution in [3.05, 3.63) is 29.8 Å². The van der Waals surface area contributed by atoms with E-state index in [0.717, 1.165) is 24.3 Å². The Bertz CT molecular complexity index is 389. The van der Waals surface area contributed by atoms with Crippen LogP contribution in [0, 0.1) is 0 Å². The van der Waals surface area contributed by atoms with Gasteiger partial charge in [0.1, 0.15) is 0 Å². The van der Waals surface area contributed by atoms with Gasteiger partial charge in [-0.25, -0.2) is 0 Å². The van der Waals surface area contributed by atoms with Crippen LogP contribution in [0.3, 0.4) is 0 Å². The summed E-state index contributed by atoms with van der Waals surface area (Å²) in [5, 5.41) is 8.66. The molecule has 0 bridgehead atoms. The van der Waals surface area contributed by atoms with E-state index in [-0.39, 0.29) is 12.5 Å². The summed E-state index contributed by atoms with van der Waals surface area (Å²) in [6.45, 7) is 6.12. The maximum absolute atomic E-state index is 10.5. The highest BCUT2D eigenvalue weighted by Crippen LogP contribution is 2.22. The van der Waals surface area contributed by atoms with Gasteiger partial charge in [-0.05, 0) is 38.0 Å². The van der Waals surface area contributed by atoms with Crippen molar-refractivity contribution in [1.29, 1.82) is 0 Å². The molecule has 1 aromatic rings. The zero-order valence-corrected chi connectivity index (χ0v) is 11.1. The highest BCUT2D eigenvalue weighted by Gasteiger charge is 2.10. The van der Waals surface area contributed by atoms with E-state index in [1.165, 1.54) is 0 Å². The summed E-state index contributed by atoms with van der Waals surface area (Å²) in [5.74, 6) is -0.801. The van der Waals surface area contributed by atoms with Gasteiger partial charge in [-0.3, -0.25) is 4.79 Å². The highest BCUT2D eigenvalue weighted by atomic mass is 16.4. The van der Waals surface area contributed by atoms with Crippen LogP contribution < -0.4 is 10.6 Å². The summed E-state index contributed by atoms with van der Waals surface area (Å²) >= 11 is 0. The highest BCUT2D eigenvalue weighted by molar-refractivity contribution is 5.66. The van der Waals surface area contributed by atoms with Gasteiger partial charge in [0.25, 0.3) is 0 Å². The summed E-state index contributed by atoms with van der Waals surface area (Å²) in [5.41, 5.74) is 8.16. The fourth-order valence-corrected chi connectivity index (χ4v) is 1.99. The minimum absolute atomic E-state index is 0.108. The second kappa shape index (κ2) is 7.01. The maximum atomic E-state index is 10.5. The molecule has 0 amide bonds. The molecule has 0 spiro atoms. The number of hydrogen-bond donors (Lipinski definition) is 2.